The molecule has 0 aliphatic heterocycles. The molecule has 0 bridgehead atoms. The molecule has 4 aromatic carbocycles. The highest BCUT2D eigenvalue weighted by molar-refractivity contribution is 7.86. The van der Waals surface area contributed by atoms with Crippen molar-refractivity contribution in [2.24, 2.45) is 0 Å². The molecule has 0 heterocycles. The van der Waals surface area contributed by atoms with Crippen LogP contribution in [0.3, 0.4) is 0 Å². The molecular formula is C31H30F3IO3S. The maximum absolute atomic E-state index is 10.7. The lowest BCUT2D eigenvalue weighted by atomic mass is 9.77. The highest BCUT2D eigenvalue weighted by Crippen LogP contribution is 2.33. The van der Waals surface area contributed by atoms with E-state index in [1.54, 1.807) is 3.57 Å². The van der Waals surface area contributed by atoms with Crippen LogP contribution in [0.15, 0.2) is 91.0 Å². The fourth-order valence-electron chi connectivity index (χ4n) is 4.24. The number of hydrogen-bond donors (Lipinski definition) is 0. The molecule has 0 N–H and O–H groups in total. The lowest BCUT2D eigenvalue weighted by molar-refractivity contribution is -0.598. The second-order valence-electron chi connectivity index (χ2n) is 9.79. The van der Waals surface area contributed by atoms with Crippen molar-refractivity contribution < 1.29 is 47.3 Å². The molecule has 0 saturated carbocycles. The molecule has 0 saturated heterocycles. The first-order valence-electron chi connectivity index (χ1n) is 12.1. The Balaban J connectivity index is 0.000000459. The smallest absolute Gasteiger partial charge is 0.485 e. The average Bonchev–Trinajstić information content (AvgIpc) is 2.86. The molecule has 0 amide bonds. The monoisotopic (exact) mass is 666 g/mol. The van der Waals surface area contributed by atoms with E-state index < -0.39 is 15.6 Å². The van der Waals surface area contributed by atoms with Crippen LogP contribution in [-0.4, -0.2) is 18.5 Å². The van der Waals surface area contributed by atoms with Gasteiger partial charge in [-0.15, -0.1) is 0 Å². The van der Waals surface area contributed by atoms with Crippen molar-refractivity contribution >= 4 is 10.1 Å². The third kappa shape index (κ3) is 7.93. The van der Waals surface area contributed by atoms with Gasteiger partial charge in [0.15, 0.2) is 17.3 Å². The van der Waals surface area contributed by atoms with Crippen LogP contribution >= 0.6 is 0 Å². The van der Waals surface area contributed by atoms with E-state index >= 15 is 0 Å². The molecule has 0 spiro atoms. The van der Waals surface area contributed by atoms with Crippen LogP contribution in [-0.2, 0) is 15.5 Å². The van der Waals surface area contributed by atoms with E-state index in [0.29, 0.717) is 0 Å². The van der Waals surface area contributed by atoms with Gasteiger partial charge in [0.25, 0.3) is 0 Å². The molecule has 0 atom stereocenters. The Bertz CT molecular complexity index is 1510. The molecule has 0 aliphatic carbocycles. The lowest BCUT2D eigenvalue weighted by Crippen LogP contribution is -3.62. The largest absolute Gasteiger partial charge is 0.741 e. The average molecular weight is 667 g/mol. The fraction of sp³-hybridized carbons (Fsp3) is 0.226. The predicted molar refractivity (Wildman–Crippen MR) is 144 cm³/mol. The number of halogens is 4. The molecule has 39 heavy (non-hydrogen) atoms. The van der Waals surface area contributed by atoms with E-state index in [4.69, 9.17) is 13.0 Å². The summed E-state index contributed by atoms with van der Waals surface area (Å²) in [4.78, 5) is 0. The highest BCUT2D eigenvalue weighted by atomic mass is 127. The second-order valence-corrected chi connectivity index (χ2v) is 14.0. The van der Waals surface area contributed by atoms with Gasteiger partial charge in [-0.05, 0) is 61.2 Å². The van der Waals surface area contributed by atoms with Crippen molar-refractivity contribution in [2.45, 2.75) is 45.5 Å². The van der Waals surface area contributed by atoms with Gasteiger partial charge in [0.2, 0.25) is 0 Å². The normalized spacial score (nSPS) is 12.0. The first-order chi connectivity index (χ1) is 18.1. The maximum Gasteiger partial charge on any atom is 0.485 e. The Labute approximate surface area is 239 Å². The Hall–Kier alpha value is -2.69. The van der Waals surface area contributed by atoms with Gasteiger partial charge in [-0.3, -0.25) is 0 Å². The highest BCUT2D eigenvalue weighted by Gasteiger charge is 2.37. The summed E-state index contributed by atoms with van der Waals surface area (Å²) in [7, 11) is -6.09. The topological polar surface area (TPSA) is 57.2 Å². The standard InChI is InChI=1S/C30H30I.CHF3O3S/c1-21-16-22(2)29(23(3)17-21)31-28-19-25(24-12-8-6-9-13-24)18-27(20-28)30(4,5)26-14-10-7-11-15-26;2-1(3,4)8(5,6)7/h6-20H,1-5H3;(H,5,6,7)/q+1;/p-1. The zero-order valence-electron chi connectivity index (χ0n) is 22.3. The van der Waals surface area contributed by atoms with Gasteiger partial charge >= 0.3 is 26.7 Å². The molecule has 4 rings (SSSR count). The van der Waals surface area contributed by atoms with E-state index in [1.807, 2.05) is 0 Å². The number of rotatable bonds is 5. The number of hydrogen-bond acceptors (Lipinski definition) is 3. The van der Waals surface area contributed by atoms with Gasteiger partial charge in [0.1, 0.15) is 0 Å². The maximum atomic E-state index is 10.7. The minimum atomic E-state index is -6.09. The zero-order valence-corrected chi connectivity index (χ0v) is 25.3. The molecule has 8 heteroatoms. The Kier molecular flexibility index (Phi) is 9.67. The molecule has 206 valence electrons. The molecule has 4 aromatic rings. The first-order valence-corrected chi connectivity index (χ1v) is 15.7. The van der Waals surface area contributed by atoms with Crippen LogP contribution in [0, 0.1) is 27.9 Å². The minimum Gasteiger partial charge on any atom is -0.741 e. The Morgan fingerprint density at radius 1 is 0.692 bits per heavy atom. The molecule has 3 nitrogen and oxygen atoms in total. The van der Waals surface area contributed by atoms with Gasteiger partial charge in [0.05, 0.1) is 0 Å². The summed E-state index contributed by atoms with van der Waals surface area (Å²) in [6.45, 7) is 11.4. The van der Waals surface area contributed by atoms with Crippen LogP contribution in [0.5, 0.6) is 0 Å². The number of benzene rings is 4. The summed E-state index contributed by atoms with van der Waals surface area (Å²) in [5.41, 5.74) is 3.86. The van der Waals surface area contributed by atoms with E-state index in [2.05, 4.69) is 126 Å². The van der Waals surface area contributed by atoms with Crippen LogP contribution in [0.2, 0.25) is 0 Å². The van der Waals surface area contributed by atoms with Crippen molar-refractivity contribution in [3.05, 3.63) is 126 Å². The van der Waals surface area contributed by atoms with Crippen LogP contribution < -0.4 is 21.2 Å². The van der Waals surface area contributed by atoms with Crippen molar-refractivity contribution in [2.75, 3.05) is 0 Å². The quantitative estimate of drug-likeness (QED) is 0.175. The third-order valence-electron chi connectivity index (χ3n) is 6.29. The number of alkyl halides is 3. The summed E-state index contributed by atoms with van der Waals surface area (Å²) >= 11 is -0.271. The van der Waals surface area contributed by atoms with Gasteiger partial charge < -0.3 is 4.55 Å². The SMILES string of the molecule is Cc1cc(C)c([I+]c2cc(-c3ccccc3)cc(C(C)(C)c3ccccc3)c2)c(C)c1.O=S(=O)([O-])C(F)(F)F. The molecule has 0 aromatic heterocycles. The lowest BCUT2D eigenvalue weighted by Gasteiger charge is -2.26. The van der Waals surface area contributed by atoms with Crippen LogP contribution in [0.25, 0.3) is 11.1 Å². The van der Waals surface area contributed by atoms with Crippen molar-refractivity contribution in [1.82, 2.24) is 0 Å². The zero-order chi connectivity index (χ0) is 29.0. The van der Waals surface area contributed by atoms with E-state index in [-0.39, 0.29) is 26.6 Å². The van der Waals surface area contributed by atoms with Gasteiger partial charge in [-0.25, -0.2) is 8.42 Å². The van der Waals surface area contributed by atoms with Gasteiger partial charge in [0, 0.05) is 16.5 Å². The summed E-state index contributed by atoms with van der Waals surface area (Å²) in [6, 6.07) is 33.6. The summed E-state index contributed by atoms with van der Waals surface area (Å²) in [5.74, 6) is 0. The molecule has 0 radical (unpaired) electrons. The fourth-order valence-corrected chi connectivity index (χ4v) is 7.01. The Morgan fingerprint density at radius 3 is 1.67 bits per heavy atom. The first kappa shape index (κ1) is 30.8. The summed E-state index contributed by atoms with van der Waals surface area (Å²) < 4.78 is 61.9. The predicted octanol–water partition coefficient (Wildman–Crippen LogP) is 4.78. The molecular weight excluding hydrogens is 636 g/mol. The van der Waals surface area contributed by atoms with Crippen LogP contribution in [0.4, 0.5) is 13.2 Å². The van der Waals surface area contributed by atoms with E-state index in [9.17, 15) is 13.2 Å². The van der Waals surface area contributed by atoms with Gasteiger partial charge in [-0.1, -0.05) is 92.2 Å². The van der Waals surface area contributed by atoms with Gasteiger partial charge in [-0.2, -0.15) is 13.2 Å². The third-order valence-corrected chi connectivity index (χ3v) is 10.3. The Morgan fingerprint density at radius 2 is 1.18 bits per heavy atom. The minimum absolute atomic E-state index is 0.0537. The molecule has 0 aliphatic rings. The summed E-state index contributed by atoms with van der Waals surface area (Å²) in [5, 5.41) is 0. The molecule has 0 unspecified atom stereocenters. The van der Waals surface area contributed by atoms with Crippen molar-refractivity contribution in [1.29, 1.82) is 0 Å². The molecule has 0 fully saturated rings. The number of aryl methyl sites for hydroxylation is 3. The van der Waals surface area contributed by atoms with Crippen molar-refractivity contribution in [3.63, 3.8) is 0 Å². The van der Waals surface area contributed by atoms with Crippen LogP contribution in [0.1, 0.15) is 41.7 Å². The van der Waals surface area contributed by atoms with Crippen molar-refractivity contribution in [3.8, 4) is 11.1 Å². The second kappa shape index (κ2) is 12.2. The van der Waals surface area contributed by atoms with E-state index in [0.717, 1.165) is 0 Å². The van der Waals surface area contributed by atoms with E-state index in [1.165, 1.54) is 42.5 Å². The summed E-state index contributed by atoms with van der Waals surface area (Å²) in [6.07, 6.45) is 0.